The Morgan fingerprint density at radius 1 is 1.48 bits per heavy atom. The fourth-order valence-corrected chi connectivity index (χ4v) is 2.75. The lowest BCUT2D eigenvalue weighted by Gasteiger charge is -2.21. The van der Waals surface area contributed by atoms with Crippen molar-refractivity contribution < 1.29 is 14.7 Å². The van der Waals surface area contributed by atoms with E-state index in [1.807, 2.05) is 0 Å². The maximum absolute atomic E-state index is 12.0. The van der Waals surface area contributed by atoms with Crippen molar-refractivity contribution in [1.82, 2.24) is 20.6 Å². The van der Waals surface area contributed by atoms with Crippen LogP contribution >= 0.6 is 0 Å². The zero-order valence-corrected chi connectivity index (χ0v) is 12.3. The van der Waals surface area contributed by atoms with Crippen LogP contribution in [0.15, 0.2) is 12.5 Å². The molecule has 1 aromatic rings. The van der Waals surface area contributed by atoms with Gasteiger partial charge in [-0.2, -0.15) is 0 Å². The van der Waals surface area contributed by atoms with Crippen LogP contribution in [0.4, 0.5) is 4.79 Å². The van der Waals surface area contributed by atoms with Crippen LogP contribution in [-0.2, 0) is 11.2 Å². The molecule has 0 aromatic carbocycles. The molecule has 21 heavy (non-hydrogen) atoms. The minimum absolute atomic E-state index is 0.113. The molecular weight excluding hydrogens is 272 g/mol. The van der Waals surface area contributed by atoms with E-state index in [1.54, 1.807) is 6.20 Å². The molecule has 116 valence electrons. The van der Waals surface area contributed by atoms with Gasteiger partial charge in [-0.1, -0.05) is 13.8 Å². The summed E-state index contributed by atoms with van der Waals surface area (Å²) in [6.45, 7) is 4.28. The van der Waals surface area contributed by atoms with Gasteiger partial charge in [-0.15, -0.1) is 0 Å². The van der Waals surface area contributed by atoms with Crippen LogP contribution in [0.2, 0.25) is 0 Å². The summed E-state index contributed by atoms with van der Waals surface area (Å²) in [6.07, 6.45) is 5.24. The number of aliphatic carboxylic acids is 1. The first-order valence-corrected chi connectivity index (χ1v) is 7.24. The van der Waals surface area contributed by atoms with Gasteiger partial charge in [0.1, 0.15) is 6.04 Å². The summed E-state index contributed by atoms with van der Waals surface area (Å²) in [5.74, 6) is -0.0743. The Balaban J connectivity index is 1.88. The van der Waals surface area contributed by atoms with E-state index in [2.05, 4.69) is 34.4 Å². The van der Waals surface area contributed by atoms with Gasteiger partial charge in [0, 0.05) is 24.4 Å². The number of rotatable bonds is 5. The van der Waals surface area contributed by atoms with Crippen molar-refractivity contribution in [2.75, 3.05) is 0 Å². The van der Waals surface area contributed by atoms with E-state index in [1.165, 1.54) is 6.33 Å². The van der Waals surface area contributed by atoms with Gasteiger partial charge in [-0.3, -0.25) is 0 Å². The highest BCUT2D eigenvalue weighted by atomic mass is 16.4. The van der Waals surface area contributed by atoms with E-state index in [0.29, 0.717) is 17.5 Å². The number of H-pyrrole nitrogens is 1. The lowest BCUT2D eigenvalue weighted by Crippen LogP contribution is -2.50. The Hall–Kier alpha value is -2.05. The predicted octanol–water partition coefficient (Wildman–Crippen LogP) is 1.14. The summed E-state index contributed by atoms with van der Waals surface area (Å²) in [5, 5.41) is 14.6. The first-order chi connectivity index (χ1) is 9.97. The summed E-state index contributed by atoms with van der Waals surface area (Å²) < 4.78 is 0. The third-order valence-corrected chi connectivity index (χ3v) is 4.36. The van der Waals surface area contributed by atoms with Crippen molar-refractivity contribution in [3.63, 3.8) is 0 Å². The standard InChI is InChI=1S/C14H22N4O3/c1-8-3-4-11(9(8)2)17-14(21)18-12(13(19)20)5-10-6-15-7-16-10/h6-9,11-12H,3-5H2,1-2H3,(H,15,16)(H,19,20)(H2,17,18,21)/t8?,9?,11?,12-/m0/s1. The fourth-order valence-electron chi connectivity index (χ4n) is 2.75. The molecule has 2 rings (SSSR count). The smallest absolute Gasteiger partial charge is 0.326 e. The predicted molar refractivity (Wildman–Crippen MR) is 76.7 cm³/mol. The molecule has 0 radical (unpaired) electrons. The van der Waals surface area contributed by atoms with Crippen molar-refractivity contribution in [3.8, 4) is 0 Å². The Labute approximate surface area is 123 Å². The highest BCUT2D eigenvalue weighted by molar-refractivity contribution is 5.82. The number of carboxylic acids is 1. The van der Waals surface area contributed by atoms with Crippen molar-refractivity contribution in [2.45, 2.75) is 45.2 Å². The second kappa shape index (κ2) is 6.60. The van der Waals surface area contributed by atoms with Crippen molar-refractivity contribution in [2.24, 2.45) is 11.8 Å². The van der Waals surface area contributed by atoms with Crippen LogP contribution < -0.4 is 10.6 Å². The third kappa shape index (κ3) is 3.96. The molecule has 1 aromatic heterocycles. The molecule has 7 nitrogen and oxygen atoms in total. The third-order valence-electron chi connectivity index (χ3n) is 4.36. The number of aromatic amines is 1. The molecule has 0 spiro atoms. The molecule has 1 saturated carbocycles. The molecule has 2 amide bonds. The van der Waals surface area contributed by atoms with Crippen LogP contribution in [0.5, 0.6) is 0 Å². The number of aromatic nitrogens is 2. The molecule has 1 heterocycles. The first-order valence-electron chi connectivity index (χ1n) is 7.24. The number of amides is 2. The lowest BCUT2D eigenvalue weighted by molar-refractivity contribution is -0.139. The van der Waals surface area contributed by atoms with E-state index < -0.39 is 18.0 Å². The summed E-state index contributed by atoms with van der Waals surface area (Å²) >= 11 is 0. The second-order valence-electron chi connectivity index (χ2n) is 5.81. The highest BCUT2D eigenvalue weighted by Gasteiger charge is 2.31. The van der Waals surface area contributed by atoms with E-state index >= 15 is 0 Å². The van der Waals surface area contributed by atoms with Gasteiger partial charge in [0.2, 0.25) is 0 Å². The van der Waals surface area contributed by atoms with E-state index in [9.17, 15) is 14.7 Å². The molecule has 1 aliphatic rings. The van der Waals surface area contributed by atoms with E-state index in [4.69, 9.17) is 0 Å². The van der Waals surface area contributed by atoms with Gasteiger partial charge in [-0.05, 0) is 24.7 Å². The average Bonchev–Trinajstić information content (AvgIpc) is 3.03. The van der Waals surface area contributed by atoms with Crippen LogP contribution in [0.25, 0.3) is 0 Å². The topological polar surface area (TPSA) is 107 Å². The van der Waals surface area contributed by atoms with Gasteiger partial charge in [-0.25, -0.2) is 14.6 Å². The van der Waals surface area contributed by atoms with Crippen LogP contribution in [0.3, 0.4) is 0 Å². The number of carbonyl (C=O) groups excluding carboxylic acids is 1. The van der Waals surface area contributed by atoms with Crippen LogP contribution in [0.1, 0.15) is 32.4 Å². The maximum Gasteiger partial charge on any atom is 0.326 e. The normalized spacial score (nSPS) is 26.3. The lowest BCUT2D eigenvalue weighted by atomic mass is 9.98. The number of imidazole rings is 1. The zero-order chi connectivity index (χ0) is 15.4. The van der Waals surface area contributed by atoms with Crippen LogP contribution in [0, 0.1) is 11.8 Å². The molecule has 1 fully saturated rings. The summed E-state index contributed by atoms with van der Waals surface area (Å²) in [4.78, 5) is 29.9. The number of urea groups is 1. The Kier molecular flexibility index (Phi) is 4.82. The largest absolute Gasteiger partial charge is 0.480 e. The molecule has 1 aliphatic carbocycles. The summed E-state index contributed by atoms with van der Waals surface area (Å²) in [7, 11) is 0. The SMILES string of the molecule is CC1CCC(NC(=O)N[C@@H](Cc2cnc[nH]2)C(=O)O)C1C. The van der Waals surface area contributed by atoms with Gasteiger partial charge >= 0.3 is 12.0 Å². The average molecular weight is 294 g/mol. The summed E-state index contributed by atoms with van der Waals surface area (Å²) in [6, 6.07) is -1.28. The quantitative estimate of drug-likeness (QED) is 0.653. The van der Waals surface area contributed by atoms with Crippen molar-refractivity contribution in [3.05, 3.63) is 18.2 Å². The van der Waals surface area contributed by atoms with Gasteiger partial charge in [0.05, 0.1) is 6.33 Å². The molecule has 0 saturated heterocycles. The van der Waals surface area contributed by atoms with Gasteiger partial charge < -0.3 is 20.7 Å². The summed E-state index contributed by atoms with van der Waals surface area (Å²) in [5.41, 5.74) is 0.672. The van der Waals surface area contributed by atoms with E-state index in [0.717, 1.165) is 12.8 Å². The zero-order valence-electron chi connectivity index (χ0n) is 12.3. The molecule has 0 aliphatic heterocycles. The Bertz CT molecular complexity index is 488. The molecule has 0 bridgehead atoms. The van der Waals surface area contributed by atoms with Gasteiger partial charge in [0.25, 0.3) is 0 Å². The molecule has 7 heteroatoms. The van der Waals surface area contributed by atoms with Gasteiger partial charge in [0.15, 0.2) is 0 Å². The number of hydrogen-bond donors (Lipinski definition) is 4. The molecule has 4 N–H and O–H groups in total. The Morgan fingerprint density at radius 2 is 2.24 bits per heavy atom. The minimum Gasteiger partial charge on any atom is -0.480 e. The number of carbonyl (C=O) groups is 2. The monoisotopic (exact) mass is 294 g/mol. The fraction of sp³-hybridized carbons (Fsp3) is 0.643. The minimum atomic E-state index is -1.06. The number of nitrogens with one attached hydrogen (secondary N) is 3. The van der Waals surface area contributed by atoms with Crippen molar-refractivity contribution >= 4 is 12.0 Å². The Morgan fingerprint density at radius 3 is 2.76 bits per heavy atom. The number of carboxylic acid groups (broad SMARTS) is 1. The number of hydrogen-bond acceptors (Lipinski definition) is 3. The molecule has 4 atom stereocenters. The maximum atomic E-state index is 12.0. The second-order valence-corrected chi connectivity index (χ2v) is 5.81. The highest BCUT2D eigenvalue weighted by Crippen LogP contribution is 2.30. The van der Waals surface area contributed by atoms with Crippen molar-refractivity contribution in [1.29, 1.82) is 0 Å². The molecular formula is C14H22N4O3. The number of nitrogens with zero attached hydrogens (tertiary/aromatic N) is 1. The van der Waals surface area contributed by atoms with E-state index in [-0.39, 0.29) is 12.5 Å². The first kappa shape index (κ1) is 15.3. The molecule has 3 unspecified atom stereocenters. The van der Waals surface area contributed by atoms with Crippen LogP contribution in [-0.4, -0.2) is 39.2 Å².